The minimum absolute atomic E-state index is 0.0525. The van der Waals surface area contributed by atoms with Crippen LogP contribution in [0.15, 0.2) is 0 Å². The fraction of sp³-hybridized carbons (Fsp3) is 0.933. The number of rotatable bonds is 3. The minimum Gasteiger partial charge on any atom is -0.376 e. The van der Waals surface area contributed by atoms with Crippen molar-refractivity contribution in [2.24, 2.45) is 11.3 Å². The Kier molecular flexibility index (Phi) is 3.56. The van der Waals surface area contributed by atoms with Crippen LogP contribution in [0.25, 0.3) is 0 Å². The van der Waals surface area contributed by atoms with Crippen LogP contribution in [0, 0.1) is 11.3 Å². The zero-order valence-corrected chi connectivity index (χ0v) is 12.1. The standard InChI is InChI=1S/C15H26N2O2/c1-15(2)7-3-8-16-13(15)14(18)17-11-6-9-19-12(11)10-4-5-10/h10-13,16H,3-9H2,1-2H3,(H,17,18). The van der Waals surface area contributed by atoms with Gasteiger partial charge in [0, 0.05) is 6.61 Å². The highest BCUT2D eigenvalue weighted by molar-refractivity contribution is 5.83. The summed E-state index contributed by atoms with van der Waals surface area (Å²) in [7, 11) is 0. The van der Waals surface area contributed by atoms with Crippen LogP contribution < -0.4 is 10.6 Å². The smallest absolute Gasteiger partial charge is 0.237 e. The van der Waals surface area contributed by atoms with Crippen LogP contribution >= 0.6 is 0 Å². The second kappa shape index (κ2) is 5.06. The molecule has 3 rings (SSSR count). The Bertz CT molecular complexity index is 352. The molecule has 1 amide bonds. The van der Waals surface area contributed by atoms with Crippen LogP contribution in [0.2, 0.25) is 0 Å². The molecule has 2 aliphatic heterocycles. The van der Waals surface area contributed by atoms with Crippen LogP contribution in [0.4, 0.5) is 0 Å². The first-order valence-corrected chi connectivity index (χ1v) is 7.73. The van der Waals surface area contributed by atoms with Gasteiger partial charge in [-0.15, -0.1) is 0 Å². The third kappa shape index (κ3) is 2.79. The summed E-state index contributed by atoms with van der Waals surface area (Å²) in [5.74, 6) is 0.867. The molecule has 0 aromatic carbocycles. The van der Waals surface area contributed by atoms with Gasteiger partial charge in [-0.1, -0.05) is 13.8 Å². The molecular formula is C15H26N2O2. The summed E-state index contributed by atoms with van der Waals surface area (Å²) in [6.45, 7) is 6.13. The lowest BCUT2D eigenvalue weighted by Crippen LogP contribution is -2.58. The predicted octanol–water partition coefficient (Wildman–Crippen LogP) is 1.45. The fourth-order valence-electron chi connectivity index (χ4n) is 3.58. The van der Waals surface area contributed by atoms with Crippen LogP contribution in [0.3, 0.4) is 0 Å². The maximum Gasteiger partial charge on any atom is 0.237 e. The van der Waals surface area contributed by atoms with Gasteiger partial charge in [-0.25, -0.2) is 0 Å². The molecule has 3 unspecified atom stereocenters. The van der Waals surface area contributed by atoms with Gasteiger partial charge in [0.2, 0.25) is 5.91 Å². The van der Waals surface area contributed by atoms with E-state index in [2.05, 4.69) is 24.5 Å². The molecule has 2 N–H and O–H groups in total. The first-order valence-electron chi connectivity index (χ1n) is 7.73. The van der Waals surface area contributed by atoms with Crippen molar-refractivity contribution < 1.29 is 9.53 Å². The Balaban J connectivity index is 1.60. The predicted molar refractivity (Wildman–Crippen MR) is 73.8 cm³/mol. The zero-order valence-electron chi connectivity index (χ0n) is 12.1. The van der Waals surface area contributed by atoms with Gasteiger partial charge < -0.3 is 15.4 Å². The second-order valence-corrected chi connectivity index (χ2v) is 7.06. The highest BCUT2D eigenvalue weighted by atomic mass is 16.5. The van der Waals surface area contributed by atoms with Crippen LogP contribution in [-0.4, -0.2) is 37.2 Å². The molecule has 0 aromatic rings. The Hall–Kier alpha value is -0.610. The number of piperidine rings is 1. The van der Waals surface area contributed by atoms with E-state index in [1.165, 1.54) is 12.8 Å². The minimum atomic E-state index is -0.0540. The van der Waals surface area contributed by atoms with Gasteiger partial charge in [0.05, 0.1) is 18.2 Å². The largest absolute Gasteiger partial charge is 0.376 e. The van der Waals surface area contributed by atoms with Crippen LogP contribution in [-0.2, 0) is 9.53 Å². The van der Waals surface area contributed by atoms with Gasteiger partial charge in [-0.05, 0) is 50.0 Å². The third-order valence-electron chi connectivity index (χ3n) is 4.94. The topological polar surface area (TPSA) is 50.4 Å². The van der Waals surface area contributed by atoms with Crippen molar-refractivity contribution in [3.63, 3.8) is 0 Å². The van der Waals surface area contributed by atoms with Crippen molar-refractivity contribution >= 4 is 5.91 Å². The Morgan fingerprint density at radius 2 is 2.11 bits per heavy atom. The summed E-state index contributed by atoms with van der Waals surface area (Å²) in [4.78, 5) is 12.5. The number of amides is 1. The van der Waals surface area contributed by atoms with Crippen molar-refractivity contribution in [2.75, 3.05) is 13.2 Å². The van der Waals surface area contributed by atoms with E-state index in [-0.39, 0.29) is 29.5 Å². The summed E-state index contributed by atoms with van der Waals surface area (Å²) in [5.41, 5.74) is 0.0525. The van der Waals surface area contributed by atoms with Gasteiger partial charge in [-0.2, -0.15) is 0 Å². The Morgan fingerprint density at radius 1 is 1.32 bits per heavy atom. The highest BCUT2D eigenvalue weighted by Gasteiger charge is 2.43. The number of hydrogen-bond acceptors (Lipinski definition) is 3. The number of carbonyl (C=O) groups excluding carboxylic acids is 1. The molecule has 3 aliphatic rings. The number of ether oxygens (including phenoxy) is 1. The maximum absolute atomic E-state index is 12.5. The molecular weight excluding hydrogens is 240 g/mol. The molecule has 0 spiro atoms. The molecule has 0 radical (unpaired) electrons. The van der Waals surface area contributed by atoms with Crippen molar-refractivity contribution in [2.45, 2.75) is 64.1 Å². The van der Waals surface area contributed by atoms with E-state index >= 15 is 0 Å². The SMILES string of the molecule is CC1(C)CCCNC1C(=O)NC1CCOC1C1CC1. The molecule has 0 bridgehead atoms. The maximum atomic E-state index is 12.5. The average Bonchev–Trinajstić information content (AvgIpc) is 3.10. The number of nitrogens with one attached hydrogen (secondary N) is 2. The van der Waals surface area contributed by atoms with E-state index in [1.54, 1.807) is 0 Å². The van der Waals surface area contributed by atoms with Crippen LogP contribution in [0.5, 0.6) is 0 Å². The molecule has 4 nitrogen and oxygen atoms in total. The van der Waals surface area contributed by atoms with Crippen molar-refractivity contribution in [3.05, 3.63) is 0 Å². The van der Waals surface area contributed by atoms with Crippen molar-refractivity contribution in [3.8, 4) is 0 Å². The average molecular weight is 266 g/mol. The van der Waals surface area contributed by atoms with Crippen LogP contribution in [0.1, 0.15) is 46.0 Å². The first kappa shape index (κ1) is 13.4. The third-order valence-corrected chi connectivity index (χ3v) is 4.94. The van der Waals surface area contributed by atoms with E-state index in [9.17, 15) is 4.79 Å². The lowest BCUT2D eigenvalue weighted by molar-refractivity contribution is -0.128. The molecule has 1 aliphatic carbocycles. The molecule has 4 heteroatoms. The normalized spacial score (nSPS) is 38.1. The molecule has 3 atom stereocenters. The molecule has 3 fully saturated rings. The van der Waals surface area contributed by atoms with E-state index < -0.39 is 0 Å². The quantitative estimate of drug-likeness (QED) is 0.813. The fourth-order valence-corrected chi connectivity index (χ4v) is 3.58. The molecule has 0 aromatic heterocycles. The van der Waals surface area contributed by atoms with E-state index in [0.717, 1.165) is 32.4 Å². The Labute approximate surface area is 115 Å². The lowest BCUT2D eigenvalue weighted by Gasteiger charge is -2.39. The molecule has 19 heavy (non-hydrogen) atoms. The van der Waals surface area contributed by atoms with E-state index in [1.807, 2.05) is 0 Å². The molecule has 108 valence electrons. The Morgan fingerprint density at radius 3 is 2.79 bits per heavy atom. The van der Waals surface area contributed by atoms with Gasteiger partial charge in [0.1, 0.15) is 0 Å². The summed E-state index contributed by atoms with van der Waals surface area (Å²) in [6, 6.07) is 0.182. The monoisotopic (exact) mass is 266 g/mol. The second-order valence-electron chi connectivity index (χ2n) is 7.06. The van der Waals surface area contributed by atoms with Crippen molar-refractivity contribution in [1.29, 1.82) is 0 Å². The summed E-state index contributed by atoms with van der Waals surface area (Å²) < 4.78 is 5.79. The summed E-state index contributed by atoms with van der Waals surface area (Å²) >= 11 is 0. The molecule has 1 saturated carbocycles. The number of carbonyl (C=O) groups is 1. The van der Waals surface area contributed by atoms with E-state index in [0.29, 0.717) is 5.92 Å². The van der Waals surface area contributed by atoms with Gasteiger partial charge in [-0.3, -0.25) is 4.79 Å². The summed E-state index contributed by atoms with van der Waals surface area (Å²) in [5, 5.41) is 6.64. The highest BCUT2D eigenvalue weighted by Crippen LogP contribution is 2.39. The van der Waals surface area contributed by atoms with Gasteiger partial charge >= 0.3 is 0 Å². The molecule has 2 heterocycles. The van der Waals surface area contributed by atoms with E-state index in [4.69, 9.17) is 4.74 Å². The lowest BCUT2D eigenvalue weighted by atomic mass is 9.77. The number of hydrogen-bond donors (Lipinski definition) is 2. The zero-order chi connectivity index (χ0) is 13.5. The first-order chi connectivity index (χ1) is 9.08. The van der Waals surface area contributed by atoms with Crippen molar-refractivity contribution in [1.82, 2.24) is 10.6 Å². The summed E-state index contributed by atoms with van der Waals surface area (Å²) in [6.07, 6.45) is 6.06. The van der Waals surface area contributed by atoms with Gasteiger partial charge in [0.15, 0.2) is 0 Å². The van der Waals surface area contributed by atoms with Gasteiger partial charge in [0.25, 0.3) is 0 Å². The molecule has 2 saturated heterocycles.